The molecule has 0 saturated heterocycles. The van der Waals surface area contributed by atoms with Gasteiger partial charge in [0, 0.05) is 12.7 Å². The van der Waals surface area contributed by atoms with Crippen LogP contribution in [-0.2, 0) is 20.0 Å². The summed E-state index contributed by atoms with van der Waals surface area (Å²) in [4.78, 5) is 0. The molecule has 0 radical (unpaired) electrons. The Morgan fingerprint density at radius 2 is 1.95 bits per heavy atom. The topological polar surface area (TPSA) is 29.9 Å². The minimum atomic E-state index is 0.811. The Bertz CT molecular complexity index is 511. The molecule has 1 aromatic heterocycles. The van der Waals surface area contributed by atoms with Crippen LogP contribution in [0, 0.1) is 6.92 Å². The lowest BCUT2D eigenvalue weighted by molar-refractivity contribution is 0.713. The van der Waals surface area contributed by atoms with E-state index in [0.29, 0.717) is 0 Å². The van der Waals surface area contributed by atoms with Gasteiger partial charge in [0.15, 0.2) is 0 Å². The maximum absolute atomic E-state index is 4.35. The molecular weight excluding hydrogens is 234 g/mol. The second-order valence-corrected chi connectivity index (χ2v) is 5.05. The van der Waals surface area contributed by atoms with E-state index in [4.69, 9.17) is 0 Å². The minimum absolute atomic E-state index is 0.811. The van der Waals surface area contributed by atoms with Crippen LogP contribution in [-0.4, -0.2) is 9.78 Å². The fourth-order valence-corrected chi connectivity index (χ4v) is 2.19. The second kappa shape index (κ2) is 6.41. The monoisotopic (exact) mass is 257 g/mol. The van der Waals surface area contributed by atoms with Crippen LogP contribution in [0.5, 0.6) is 0 Å². The molecule has 0 aliphatic rings. The van der Waals surface area contributed by atoms with Crippen molar-refractivity contribution in [2.45, 2.75) is 39.7 Å². The summed E-state index contributed by atoms with van der Waals surface area (Å²) in [5.74, 6) is 0. The molecule has 0 unspecified atom stereocenters. The van der Waals surface area contributed by atoms with E-state index < -0.39 is 0 Å². The van der Waals surface area contributed by atoms with Crippen molar-refractivity contribution in [2.24, 2.45) is 7.05 Å². The molecule has 19 heavy (non-hydrogen) atoms. The standard InChI is InChI=1S/C16H23N3/c1-4-5-6-14-7-9-15(10-8-14)17-12-16-11-13(2)18-19(16)3/h7-11,17H,4-6,12H2,1-3H3. The molecule has 0 aliphatic carbocycles. The summed E-state index contributed by atoms with van der Waals surface area (Å²) >= 11 is 0. The Balaban J connectivity index is 1.91. The maximum atomic E-state index is 4.35. The Morgan fingerprint density at radius 3 is 2.53 bits per heavy atom. The molecule has 1 heterocycles. The third kappa shape index (κ3) is 3.85. The lowest BCUT2D eigenvalue weighted by Crippen LogP contribution is -2.05. The van der Waals surface area contributed by atoms with Crippen molar-refractivity contribution < 1.29 is 0 Å². The molecule has 1 aromatic carbocycles. The summed E-state index contributed by atoms with van der Waals surface area (Å²) in [6, 6.07) is 10.9. The number of nitrogens with zero attached hydrogens (tertiary/aromatic N) is 2. The van der Waals surface area contributed by atoms with Crippen molar-refractivity contribution in [3.05, 3.63) is 47.3 Å². The summed E-state index contributed by atoms with van der Waals surface area (Å²) in [6.45, 7) is 5.06. The quantitative estimate of drug-likeness (QED) is 0.855. The van der Waals surface area contributed by atoms with Gasteiger partial charge in [-0.15, -0.1) is 0 Å². The second-order valence-electron chi connectivity index (χ2n) is 5.05. The first-order chi connectivity index (χ1) is 9.19. The van der Waals surface area contributed by atoms with Gasteiger partial charge in [-0.05, 0) is 43.5 Å². The predicted molar refractivity (Wildman–Crippen MR) is 80.3 cm³/mol. The van der Waals surface area contributed by atoms with Crippen LogP contribution in [0.3, 0.4) is 0 Å². The van der Waals surface area contributed by atoms with Crippen LogP contribution in [0.2, 0.25) is 0 Å². The van der Waals surface area contributed by atoms with Crippen molar-refractivity contribution in [1.82, 2.24) is 9.78 Å². The Labute approximate surface area is 115 Å². The third-order valence-electron chi connectivity index (χ3n) is 3.35. The molecule has 0 spiro atoms. The molecule has 2 rings (SSSR count). The molecule has 0 saturated carbocycles. The van der Waals surface area contributed by atoms with Crippen LogP contribution < -0.4 is 5.32 Å². The zero-order valence-electron chi connectivity index (χ0n) is 12.1. The number of unbranched alkanes of at least 4 members (excludes halogenated alkanes) is 1. The largest absolute Gasteiger partial charge is 0.379 e. The number of nitrogens with one attached hydrogen (secondary N) is 1. The molecule has 0 amide bonds. The van der Waals surface area contributed by atoms with Gasteiger partial charge in [0.25, 0.3) is 0 Å². The highest BCUT2D eigenvalue weighted by atomic mass is 15.3. The fraction of sp³-hybridized carbons (Fsp3) is 0.438. The fourth-order valence-electron chi connectivity index (χ4n) is 2.19. The Morgan fingerprint density at radius 1 is 1.21 bits per heavy atom. The number of rotatable bonds is 6. The van der Waals surface area contributed by atoms with Gasteiger partial charge in [0.1, 0.15) is 0 Å². The van der Waals surface area contributed by atoms with E-state index in [-0.39, 0.29) is 0 Å². The molecular formula is C16H23N3. The smallest absolute Gasteiger partial charge is 0.0597 e. The number of benzene rings is 1. The molecule has 1 N–H and O–H groups in total. The molecule has 3 nitrogen and oxygen atoms in total. The van der Waals surface area contributed by atoms with Crippen LogP contribution >= 0.6 is 0 Å². The van der Waals surface area contributed by atoms with Gasteiger partial charge in [0.05, 0.1) is 17.9 Å². The van der Waals surface area contributed by atoms with E-state index in [1.165, 1.54) is 36.2 Å². The first kappa shape index (κ1) is 13.7. The van der Waals surface area contributed by atoms with E-state index in [1.54, 1.807) is 0 Å². The highest BCUT2D eigenvalue weighted by molar-refractivity contribution is 5.44. The van der Waals surface area contributed by atoms with Crippen LogP contribution in [0.15, 0.2) is 30.3 Å². The molecule has 0 bridgehead atoms. The summed E-state index contributed by atoms with van der Waals surface area (Å²) in [7, 11) is 1.98. The Kier molecular flexibility index (Phi) is 4.61. The summed E-state index contributed by atoms with van der Waals surface area (Å²) in [6.07, 6.45) is 3.69. The summed E-state index contributed by atoms with van der Waals surface area (Å²) in [5, 5.41) is 7.79. The van der Waals surface area contributed by atoms with Crippen molar-refractivity contribution in [3.63, 3.8) is 0 Å². The van der Waals surface area contributed by atoms with Gasteiger partial charge in [-0.3, -0.25) is 4.68 Å². The zero-order chi connectivity index (χ0) is 13.7. The van der Waals surface area contributed by atoms with E-state index in [1.807, 2.05) is 18.7 Å². The molecule has 2 aromatic rings. The number of hydrogen-bond donors (Lipinski definition) is 1. The average molecular weight is 257 g/mol. The van der Waals surface area contributed by atoms with E-state index >= 15 is 0 Å². The number of aryl methyl sites for hydroxylation is 3. The van der Waals surface area contributed by atoms with Crippen molar-refractivity contribution in [3.8, 4) is 0 Å². The van der Waals surface area contributed by atoms with E-state index in [2.05, 4.69) is 47.7 Å². The van der Waals surface area contributed by atoms with Gasteiger partial charge >= 0.3 is 0 Å². The zero-order valence-corrected chi connectivity index (χ0v) is 12.1. The average Bonchev–Trinajstić information content (AvgIpc) is 2.73. The SMILES string of the molecule is CCCCc1ccc(NCc2cc(C)nn2C)cc1. The number of hydrogen-bond acceptors (Lipinski definition) is 2. The Hall–Kier alpha value is -1.77. The normalized spacial score (nSPS) is 10.7. The first-order valence-corrected chi connectivity index (χ1v) is 7.01. The van der Waals surface area contributed by atoms with E-state index in [0.717, 1.165) is 12.2 Å². The predicted octanol–water partition coefficient (Wildman–Crippen LogP) is 3.68. The summed E-state index contributed by atoms with van der Waals surface area (Å²) < 4.78 is 1.93. The highest BCUT2D eigenvalue weighted by Crippen LogP contribution is 2.13. The molecule has 102 valence electrons. The van der Waals surface area contributed by atoms with Crippen LogP contribution in [0.1, 0.15) is 36.7 Å². The van der Waals surface area contributed by atoms with Crippen molar-refractivity contribution >= 4 is 5.69 Å². The molecule has 0 aliphatic heterocycles. The van der Waals surface area contributed by atoms with Gasteiger partial charge in [-0.25, -0.2) is 0 Å². The lowest BCUT2D eigenvalue weighted by Gasteiger charge is -2.07. The lowest BCUT2D eigenvalue weighted by atomic mass is 10.1. The maximum Gasteiger partial charge on any atom is 0.0597 e. The highest BCUT2D eigenvalue weighted by Gasteiger charge is 2.01. The molecule has 0 fully saturated rings. The van der Waals surface area contributed by atoms with Crippen molar-refractivity contribution in [1.29, 1.82) is 0 Å². The first-order valence-electron chi connectivity index (χ1n) is 7.01. The van der Waals surface area contributed by atoms with Gasteiger partial charge < -0.3 is 5.32 Å². The van der Waals surface area contributed by atoms with Crippen LogP contribution in [0.4, 0.5) is 5.69 Å². The minimum Gasteiger partial charge on any atom is -0.379 e. The van der Waals surface area contributed by atoms with Crippen molar-refractivity contribution in [2.75, 3.05) is 5.32 Å². The third-order valence-corrected chi connectivity index (χ3v) is 3.35. The van der Waals surface area contributed by atoms with Gasteiger partial charge in [-0.2, -0.15) is 5.10 Å². The molecule has 0 atom stereocenters. The summed E-state index contributed by atoms with van der Waals surface area (Å²) in [5.41, 5.74) is 4.85. The van der Waals surface area contributed by atoms with Gasteiger partial charge in [-0.1, -0.05) is 25.5 Å². The van der Waals surface area contributed by atoms with Gasteiger partial charge in [0.2, 0.25) is 0 Å². The van der Waals surface area contributed by atoms with Crippen LogP contribution in [0.25, 0.3) is 0 Å². The number of anilines is 1. The number of aromatic nitrogens is 2. The van der Waals surface area contributed by atoms with E-state index in [9.17, 15) is 0 Å². The molecule has 3 heteroatoms.